The molecular weight excluding hydrogens is 269 g/mol. The van der Waals surface area contributed by atoms with Crippen molar-refractivity contribution in [2.75, 3.05) is 31.1 Å². The minimum Gasteiger partial charge on any atom is -0.389 e. The van der Waals surface area contributed by atoms with E-state index in [2.05, 4.69) is 10.3 Å². The summed E-state index contributed by atoms with van der Waals surface area (Å²) in [4.78, 5) is 5.98. The van der Waals surface area contributed by atoms with Crippen LogP contribution in [0.5, 0.6) is 0 Å². The second-order valence-electron chi connectivity index (χ2n) is 5.41. The van der Waals surface area contributed by atoms with E-state index in [-0.39, 0.29) is 5.92 Å². The number of anilines is 1. The van der Waals surface area contributed by atoms with Gasteiger partial charge in [-0.3, -0.25) is 0 Å². The SMILES string of the molecule is O[C@@]12CCNC[C@@H]1CN(c1ncc(Cl)cc1F)CC2. The Hall–Kier alpha value is -0.910. The monoisotopic (exact) mass is 285 g/mol. The first-order valence-electron chi connectivity index (χ1n) is 6.57. The highest BCUT2D eigenvalue weighted by atomic mass is 35.5. The lowest BCUT2D eigenvalue weighted by Gasteiger charge is -2.47. The van der Waals surface area contributed by atoms with E-state index in [0.717, 1.165) is 19.5 Å². The highest BCUT2D eigenvalue weighted by Crippen LogP contribution is 2.35. The number of aromatic nitrogens is 1. The second-order valence-corrected chi connectivity index (χ2v) is 5.85. The lowest BCUT2D eigenvalue weighted by Crippen LogP contribution is -2.59. The number of hydrogen-bond acceptors (Lipinski definition) is 4. The Kier molecular flexibility index (Phi) is 3.37. The molecule has 1 aromatic heterocycles. The molecule has 4 nitrogen and oxygen atoms in total. The predicted molar refractivity (Wildman–Crippen MR) is 72.0 cm³/mol. The van der Waals surface area contributed by atoms with E-state index in [1.807, 2.05) is 4.90 Å². The van der Waals surface area contributed by atoms with Crippen molar-refractivity contribution in [2.45, 2.75) is 18.4 Å². The first-order valence-corrected chi connectivity index (χ1v) is 6.95. The molecule has 1 aromatic rings. The van der Waals surface area contributed by atoms with Crippen LogP contribution in [0, 0.1) is 11.7 Å². The number of rotatable bonds is 1. The van der Waals surface area contributed by atoms with Gasteiger partial charge in [0, 0.05) is 31.7 Å². The van der Waals surface area contributed by atoms with Crippen LogP contribution in [0.4, 0.5) is 10.2 Å². The van der Waals surface area contributed by atoms with Crippen LogP contribution >= 0.6 is 11.6 Å². The van der Waals surface area contributed by atoms with Crippen LogP contribution < -0.4 is 10.2 Å². The van der Waals surface area contributed by atoms with Crippen LogP contribution in [0.3, 0.4) is 0 Å². The molecule has 104 valence electrons. The summed E-state index contributed by atoms with van der Waals surface area (Å²) in [5.41, 5.74) is -0.606. The average Bonchev–Trinajstić information content (AvgIpc) is 2.38. The number of pyridine rings is 1. The van der Waals surface area contributed by atoms with Crippen LogP contribution in [-0.2, 0) is 0 Å². The highest BCUT2D eigenvalue weighted by Gasteiger charge is 2.43. The molecule has 0 radical (unpaired) electrons. The molecule has 0 aliphatic carbocycles. The molecule has 2 N–H and O–H groups in total. The Labute approximate surface area is 116 Å². The van der Waals surface area contributed by atoms with Gasteiger partial charge in [-0.15, -0.1) is 0 Å². The van der Waals surface area contributed by atoms with Gasteiger partial charge in [0.1, 0.15) is 0 Å². The minimum atomic E-state index is -0.606. The first-order chi connectivity index (χ1) is 9.08. The van der Waals surface area contributed by atoms with Crippen molar-refractivity contribution in [1.82, 2.24) is 10.3 Å². The van der Waals surface area contributed by atoms with Gasteiger partial charge in [0.05, 0.1) is 10.6 Å². The van der Waals surface area contributed by atoms with Gasteiger partial charge in [0.25, 0.3) is 0 Å². The van der Waals surface area contributed by atoms with Crippen molar-refractivity contribution in [2.24, 2.45) is 5.92 Å². The third kappa shape index (κ3) is 2.42. The quantitative estimate of drug-likeness (QED) is 0.819. The third-order valence-corrected chi connectivity index (χ3v) is 4.44. The van der Waals surface area contributed by atoms with Gasteiger partial charge in [-0.05, 0) is 25.5 Å². The van der Waals surface area contributed by atoms with Gasteiger partial charge in [0.2, 0.25) is 0 Å². The molecule has 2 aliphatic rings. The van der Waals surface area contributed by atoms with Crippen LogP contribution in [0.1, 0.15) is 12.8 Å². The molecule has 6 heteroatoms. The number of fused-ring (bicyclic) bond motifs is 1. The summed E-state index contributed by atoms with van der Waals surface area (Å²) in [6, 6.07) is 1.28. The molecule has 2 aliphatic heterocycles. The number of piperidine rings is 2. The highest BCUT2D eigenvalue weighted by molar-refractivity contribution is 6.30. The molecule has 0 spiro atoms. The third-order valence-electron chi connectivity index (χ3n) is 4.23. The van der Waals surface area contributed by atoms with Crippen LogP contribution in [0.2, 0.25) is 5.02 Å². The van der Waals surface area contributed by atoms with E-state index in [1.54, 1.807) is 0 Å². The fraction of sp³-hybridized carbons (Fsp3) is 0.615. The maximum absolute atomic E-state index is 13.9. The molecule has 2 saturated heterocycles. The van der Waals surface area contributed by atoms with E-state index in [1.165, 1.54) is 12.3 Å². The van der Waals surface area contributed by atoms with Crippen molar-refractivity contribution in [3.63, 3.8) is 0 Å². The van der Waals surface area contributed by atoms with E-state index in [4.69, 9.17) is 11.6 Å². The molecule has 0 amide bonds. The molecular formula is C13H17ClFN3O. The van der Waals surface area contributed by atoms with Gasteiger partial charge in [-0.2, -0.15) is 0 Å². The standard InChI is InChI=1S/C13H17ClFN3O/c14-10-5-11(15)12(17-7-10)18-4-2-13(19)1-3-16-6-9(13)8-18/h5,7,9,16,19H,1-4,6,8H2/t9-,13-/m1/s1. The molecule has 19 heavy (non-hydrogen) atoms. The topological polar surface area (TPSA) is 48.4 Å². The van der Waals surface area contributed by atoms with Crippen LogP contribution in [-0.4, -0.2) is 41.9 Å². The zero-order valence-corrected chi connectivity index (χ0v) is 11.3. The summed E-state index contributed by atoms with van der Waals surface area (Å²) in [5.74, 6) is 0.0469. The van der Waals surface area contributed by atoms with Crippen LogP contribution in [0.15, 0.2) is 12.3 Å². The van der Waals surface area contributed by atoms with Gasteiger partial charge < -0.3 is 15.3 Å². The fourth-order valence-electron chi connectivity index (χ4n) is 3.06. The van der Waals surface area contributed by atoms with Crippen molar-refractivity contribution in [3.8, 4) is 0 Å². The molecule has 0 aromatic carbocycles. The van der Waals surface area contributed by atoms with Crippen molar-refractivity contribution in [1.29, 1.82) is 0 Å². The largest absolute Gasteiger partial charge is 0.389 e. The summed E-state index contributed by atoms with van der Waals surface area (Å²) in [5, 5.41) is 14.2. The molecule has 0 saturated carbocycles. The molecule has 3 rings (SSSR count). The van der Waals surface area contributed by atoms with E-state index < -0.39 is 11.4 Å². The smallest absolute Gasteiger partial charge is 0.167 e. The number of aliphatic hydroxyl groups is 1. The van der Waals surface area contributed by atoms with Gasteiger partial charge in [-0.1, -0.05) is 11.6 Å². The lowest BCUT2D eigenvalue weighted by molar-refractivity contribution is -0.0540. The number of hydrogen-bond donors (Lipinski definition) is 2. The molecule has 2 atom stereocenters. The van der Waals surface area contributed by atoms with E-state index >= 15 is 0 Å². The summed E-state index contributed by atoms with van der Waals surface area (Å²) >= 11 is 5.72. The van der Waals surface area contributed by atoms with Crippen LogP contribution in [0.25, 0.3) is 0 Å². The Bertz CT molecular complexity index is 487. The molecule has 0 unspecified atom stereocenters. The molecule has 0 bridgehead atoms. The maximum atomic E-state index is 13.9. The number of halogens is 2. The Balaban J connectivity index is 1.80. The van der Waals surface area contributed by atoms with Crippen molar-refractivity contribution < 1.29 is 9.50 Å². The van der Waals surface area contributed by atoms with E-state index in [9.17, 15) is 9.50 Å². The average molecular weight is 286 g/mol. The number of nitrogens with zero attached hydrogens (tertiary/aromatic N) is 2. The summed E-state index contributed by atoms with van der Waals surface area (Å²) < 4.78 is 13.9. The van der Waals surface area contributed by atoms with Gasteiger partial charge >= 0.3 is 0 Å². The zero-order chi connectivity index (χ0) is 13.5. The number of nitrogens with one attached hydrogen (secondary N) is 1. The summed E-state index contributed by atoms with van der Waals surface area (Å²) in [6.07, 6.45) is 2.88. The fourth-order valence-corrected chi connectivity index (χ4v) is 3.20. The van der Waals surface area contributed by atoms with Gasteiger partial charge in [0.15, 0.2) is 11.6 Å². The first kappa shape index (κ1) is 13.1. The second kappa shape index (κ2) is 4.89. The Morgan fingerprint density at radius 1 is 1.53 bits per heavy atom. The summed E-state index contributed by atoms with van der Waals surface area (Å²) in [6.45, 7) is 2.86. The normalized spacial score (nSPS) is 31.1. The summed E-state index contributed by atoms with van der Waals surface area (Å²) in [7, 11) is 0. The lowest BCUT2D eigenvalue weighted by atomic mass is 9.76. The molecule has 2 fully saturated rings. The Morgan fingerprint density at radius 3 is 3.16 bits per heavy atom. The predicted octanol–water partition coefficient (Wildman–Crippen LogP) is 1.42. The van der Waals surface area contributed by atoms with Crippen molar-refractivity contribution >= 4 is 17.4 Å². The van der Waals surface area contributed by atoms with Gasteiger partial charge in [-0.25, -0.2) is 9.37 Å². The Morgan fingerprint density at radius 2 is 2.37 bits per heavy atom. The maximum Gasteiger partial charge on any atom is 0.167 e. The van der Waals surface area contributed by atoms with E-state index in [0.29, 0.717) is 30.4 Å². The minimum absolute atomic E-state index is 0.117. The van der Waals surface area contributed by atoms with Crippen molar-refractivity contribution in [3.05, 3.63) is 23.1 Å². The molecule has 3 heterocycles. The zero-order valence-electron chi connectivity index (χ0n) is 10.6.